The highest BCUT2D eigenvalue weighted by atomic mass is 35.5. The average molecular weight is 296 g/mol. The summed E-state index contributed by atoms with van der Waals surface area (Å²) in [6.45, 7) is 0. The number of nitrogens with zero attached hydrogens (tertiary/aromatic N) is 2. The molecule has 3 rings (SSSR count). The Morgan fingerprint density at radius 3 is 2.65 bits per heavy atom. The predicted molar refractivity (Wildman–Crippen MR) is 79.8 cm³/mol. The summed E-state index contributed by atoms with van der Waals surface area (Å²) in [4.78, 5) is 12.3. The van der Waals surface area contributed by atoms with Gasteiger partial charge in [0.25, 0.3) is 0 Å². The van der Waals surface area contributed by atoms with Crippen LogP contribution in [0.5, 0.6) is 0 Å². The molecule has 1 aromatic heterocycles. The molecule has 0 radical (unpaired) electrons. The first-order valence-corrected chi connectivity index (χ1v) is 6.58. The van der Waals surface area contributed by atoms with Crippen molar-refractivity contribution < 1.29 is 4.79 Å². The molecule has 1 aliphatic rings. The van der Waals surface area contributed by atoms with Gasteiger partial charge in [0.15, 0.2) is 0 Å². The summed E-state index contributed by atoms with van der Waals surface area (Å²) in [5.74, 6) is -0.102. The number of hydrogen-bond acceptors (Lipinski definition) is 4. The number of nitrogens with one attached hydrogen (secondary N) is 2. The van der Waals surface area contributed by atoms with Crippen LogP contribution >= 0.6 is 12.4 Å². The fourth-order valence-electron chi connectivity index (χ4n) is 2.58. The smallest absolute Gasteiger partial charge is 0.244 e. The number of hydrogen-bond donors (Lipinski definition) is 3. The van der Waals surface area contributed by atoms with Gasteiger partial charge in [0.05, 0.1) is 5.54 Å². The van der Waals surface area contributed by atoms with Gasteiger partial charge in [-0.3, -0.25) is 4.79 Å². The first-order valence-electron chi connectivity index (χ1n) is 6.58. The zero-order valence-electron chi connectivity index (χ0n) is 11.1. The monoisotopic (exact) mass is 295 g/mol. The lowest BCUT2D eigenvalue weighted by Gasteiger charge is -2.31. The largest absolute Gasteiger partial charge is 0.324 e. The van der Waals surface area contributed by atoms with E-state index in [2.05, 4.69) is 20.7 Å². The number of rotatable bonds is 2. The summed E-state index contributed by atoms with van der Waals surface area (Å²) in [6.07, 6.45) is 4.71. The standard InChI is InChI=1S/C13H17N5O.ClH/c14-13(6-2-1-3-7-13)12(19)15-9-4-5-10-11(8-9)17-18-16-10;/h4-5,8H,1-3,6-7,14H2,(H,15,19)(H,16,17,18);1H. The maximum atomic E-state index is 12.3. The quantitative estimate of drug-likeness (QED) is 0.789. The van der Waals surface area contributed by atoms with Crippen LogP contribution in [0.4, 0.5) is 5.69 Å². The SMILES string of the molecule is Cl.NC1(C(=O)Nc2ccc3n[nH]nc3c2)CCCCC1. The number of nitrogens with two attached hydrogens (primary N) is 1. The summed E-state index contributed by atoms with van der Waals surface area (Å²) >= 11 is 0. The van der Waals surface area contributed by atoms with Crippen LogP contribution in [-0.2, 0) is 4.79 Å². The fourth-order valence-corrected chi connectivity index (χ4v) is 2.58. The van der Waals surface area contributed by atoms with Crippen LogP contribution in [0.3, 0.4) is 0 Å². The molecule has 1 heterocycles. The number of carbonyl (C=O) groups excluding carboxylic acids is 1. The first-order chi connectivity index (χ1) is 9.17. The van der Waals surface area contributed by atoms with Gasteiger partial charge < -0.3 is 11.1 Å². The number of amides is 1. The molecular formula is C13H18ClN5O. The molecule has 0 atom stereocenters. The highest BCUT2D eigenvalue weighted by Crippen LogP contribution is 2.27. The van der Waals surface area contributed by atoms with E-state index in [0.717, 1.165) is 43.1 Å². The van der Waals surface area contributed by atoms with Crippen molar-refractivity contribution in [3.63, 3.8) is 0 Å². The first kappa shape index (κ1) is 14.7. The fraction of sp³-hybridized carbons (Fsp3) is 0.462. The van der Waals surface area contributed by atoms with Crippen molar-refractivity contribution in [3.8, 4) is 0 Å². The summed E-state index contributed by atoms with van der Waals surface area (Å²) in [5.41, 5.74) is 7.69. The third kappa shape index (κ3) is 2.76. The van der Waals surface area contributed by atoms with E-state index in [-0.39, 0.29) is 18.3 Å². The number of H-pyrrole nitrogens is 1. The Hall–Kier alpha value is -1.66. The maximum absolute atomic E-state index is 12.3. The van der Waals surface area contributed by atoms with Gasteiger partial charge in [-0.2, -0.15) is 15.4 Å². The van der Waals surface area contributed by atoms with Crippen molar-refractivity contribution in [2.24, 2.45) is 5.73 Å². The summed E-state index contributed by atoms with van der Waals surface area (Å²) < 4.78 is 0. The van der Waals surface area contributed by atoms with Crippen LogP contribution in [0.2, 0.25) is 0 Å². The van der Waals surface area contributed by atoms with E-state index in [1.54, 1.807) is 6.07 Å². The van der Waals surface area contributed by atoms with Crippen molar-refractivity contribution in [1.29, 1.82) is 0 Å². The predicted octanol–water partition coefficient (Wildman–Crippen LogP) is 1.98. The van der Waals surface area contributed by atoms with Crippen molar-refractivity contribution in [3.05, 3.63) is 18.2 Å². The molecule has 7 heteroatoms. The molecule has 2 aromatic rings. The second kappa shape index (κ2) is 5.76. The molecule has 0 bridgehead atoms. The highest BCUT2D eigenvalue weighted by molar-refractivity contribution is 5.99. The lowest BCUT2D eigenvalue weighted by Crippen LogP contribution is -2.52. The molecule has 0 spiro atoms. The Kier molecular flexibility index (Phi) is 4.25. The van der Waals surface area contributed by atoms with E-state index in [0.29, 0.717) is 5.69 Å². The molecule has 1 fully saturated rings. The van der Waals surface area contributed by atoms with E-state index in [1.165, 1.54) is 0 Å². The number of fused-ring (bicyclic) bond motifs is 1. The third-order valence-corrected chi connectivity index (χ3v) is 3.77. The highest BCUT2D eigenvalue weighted by Gasteiger charge is 2.35. The molecule has 1 aromatic carbocycles. The van der Waals surface area contributed by atoms with Gasteiger partial charge in [-0.15, -0.1) is 12.4 Å². The molecule has 0 aliphatic heterocycles. The lowest BCUT2D eigenvalue weighted by molar-refractivity contribution is -0.122. The number of halogens is 1. The number of anilines is 1. The minimum atomic E-state index is -0.725. The van der Waals surface area contributed by atoms with Gasteiger partial charge in [0.1, 0.15) is 11.0 Å². The number of aromatic nitrogens is 3. The molecule has 4 N–H and O–H groups in total. The van der Waals surface area contributed by atoms with E-state index >= 15 is 0 Å². The van der Waals surface area contributed by atoms with E-state index in [4.69, 9.17) is 5.73 Å². The van der Waals surface area contributed by atoms with Gasteiger partial charge in [-0.25, -0.2) is 0 Å². The zero-order chi connectivity index (χ0) is 13.3. The van der Waals surface area contributed by atoms with Crippen LogP contribution in [0.15, 0.2) is 18.2 Å². The number of aromatic amines is 1. The van der Waals surface area contributed by atoms with Crippen LogP contribution in [0, 0.1) is 0 Å². The van der Waals surface area contributed by atoms with Gasteiger partial charge >= 0.3 is 0 Å². The summed E-state index contributed by atoms with van der Waals surface area (Å²) in [7, 11) is 0. The Balaban J connectivity index is 0.00000147. The topological polar surface area (TPSA) is 96.7 Å². The molecule has 0 unspecified atom stereocenters. The molecule has 1 amide bonds. The molecule has 20 heavy (non-hydrogen) atoms. The van der Waals surface area contributed by atoms with Crippen molar-refractivity contribution >= 4 is 35.0 Å². The minimum absolute atomic E-state index is 0. The molecule has 1 saturated carbocycles. The summed E-state index contributed by atoms with van der Waals surface area (Å²) in [5, 5.41) is 13.4. The molecule has 6 nitrogen and oxygen atoms in total. The zero-order valence-corrected chi connectivity index (χ0v) is 11.9. The Morgan fingerprint density at radius 2 is 1.90 bits per heavy atom. The second-order valence-electron chi connectivity index (χ2n) is 5.20. The Labute approximate surface area is 122 Å². The molecule has 108 valence electrons. The average Bonchev–Trinajstić information content (AvgIpc) is 2.87. The molecule has 1 aliphatic carbocycles. The second-order valence-corrected chi connectivity index (χ2v) is 5.20. The number of carbonyl (C=O) groups is 1. The van der Waals surface area contributed by atoms with Crippen molar-refractivity contribution in [2.45, 2.75) is 37.6 Å². The van der Waals surface area contributed by atoms with Crippen LogP contribution < -0.4 is 11.1 Å². The van der Waals surface area contributed by atoms with E-state index in [9.17, 15) is 4.79 Å². The normalized spacial score (nSPS) is 17.4. The summed E-state index contributed by atoms with van der Waals surface area (Å²) in [6, 6.07) is 5.43. The minimum Gasteiger partial charge on any atom is -0.324 e. The van der Waals surface area contributed by atoms with E-state index < -0.39 is 5.54 Å². The van der Waals surface area contributed by atoms with Crippen molar-refractivity contribution in [1.82, 2.24) is 15.4 Å². The van der Waals surface area contributed by atoms with Gasteiger partial charge in [0.2, 0.25) is 5.91 Å². The Morgan fingerprint density at radius 1 is 1.20 bits per heavy atom. The van der Waals surface area contributed by atoms with Crippen LogP contribution in [-0.4, -0.2) is 26.9 Å². The Bertz CT molecular complexity index is 606. The molecule has 0 saturated heterocycles. The van der Waals surface area contributed by atoms with Gasteiger partial charge in [-0.05, 0) is 31.0 Å². The van der Waals surface area contributed by atoms with Crippen LogP contribution in [0.1, 0.15) is 32.1 Å². The maximum Gasteiger partial charge on any atom is 0.244 e. The lowest BCUT2D eigenvalue weighted by atomic mass is 9.82. The van der Waals surface area contributed by atoms with E-state index in [1.807, 2.05) is 12.1 Å². The van der Waals surface area contributed by atoms with Gasteiger partial charge in [-0.1, -0.05) is 19.3 Å². The number of benzene rings is 1. The third-order valence-electron chi connectivity index (χ3n) is 3.77. The van der Waals surface area contributed by atoms with Crippen molar-refractivity contribution in [2.75, 3.05) is 5.32 Å². The van der Waals surface area contributed by atoms with Crippen LogP contribution in [0.25, 0.3) is 11.0 Å². The molecular weight excluding hydrogens is 278 g/mol. The van der Waals surface area contributed by atoms with Gasteiger partial charge in [0, 0.05) is 5.69 Å².